The molecule has 3 N–H and O–H groups in total. The van der Waals surface area contributed by atoms with Gasteiger partial charge in [-0.1, -0.05) is 0 Å². The Hall–Kier alpha value is -2.76. The van der Waals surface area contributed by atoms with Crippen LogP contribution < -0.4 is 20.7 Å². The number of anilines is 1. The molecule has 5 rings (SSSR count). The first-order valence-corrected chi connectivity index (χ1v) is 13.2. The van der Waals surface area contributed by atoms with Gasteiger partial charge >= 0.3 is 6.03 Å². The van der Waals surface area contributed by atoms with Crippen LogP contribution in [0.4, 0.5) is 10.7 Å². The number of carbonyl (C=O) groups is 2. The van der Waals surface area contributed by atoms with Gasteiger partial charge in [0.05, 0.1) is 9.35 Å². The van der Waals surface area contributed by atoms with Crippen LogP contribution in [-0.4, -0.2) is 64.6 Å². The van der Waals surface area contributed by atoms with Crippen molar-refractivity contribution in [1.29, 1.82) is 0 Å². The van der Waals surface area contributed by atoms with Crippen molar-refractivity contribution in [2.24, 2.45) is 0 Å². The number of amides is 3. The monoisotopic (exact) mass is 558 g/mol. The van der Waals surface area contributed by atoms with Crippen molar-refractivity contribution in [3.05, 3.63) is 34.9 Å². The van der Waals surface area contributed by atoms with Gasteiger partial charge in [-0.05, 0) is 78.8 Å². The summed E-state index contributed by atoms with van der Waals surface area (Å²) in [7, 11) is 0. The summed E-state index contributed by atoms with van der Waals surface area (Å²) >= 11 is 5.23. The number of carbonyl (C=O) groups excluding carboxylic acids is 2. The predicted octanol–water partition coefficient (Wildman–Crippen LogP) is 3.99. The van der Waals surface area contributed by atoms with E-state index >= 15 is 0 Å². The molecule has 9 nitrogen and oxygen atoms in total. The highest BCUT2D eigenvalue weighted by Gasteiger charge is 2.45. The zero-order chi connectivity index (χ0) is 24.6. The van der Waals surface area contributed by atoms with Gasteiger partial charge < -0.3 is 20.3 Å². The van der Waals surface area contributed by atoms with Gasteiger partial charge in [-0.3, -0.25) is 10.1 Å². The number of imide groups is 1. The van der Waals surface area contributed by atoms with E-state index in [0.717, 1.165) is 43.8 Å². The van der Waals surface area contributed by atoms with E-state index in [1.54, 1.807) is 31.4 Å². The van der Waals surface area contributed by atoms with Crippen LogP contribution in [0.3, 0.4) is 0 Å². The molecule has 1 aromatic carbocycles. The highest BCUT2D eigenvalue weighted by atomic mass is 79.9. The van der Waals surface area contributed by atoms with Crippen LogP contribution in [0.5, 0.6) is 5.75 Å². The van der Waals surface area contributed by atoms with Crippen molar-refractivity contribution in [3.63, 3.8) is 0 Å². The lowest BCUT2D eigenvalue weighted by molar-refractivity contribution is -0.125. The normalized spacial score (nSPS) is 19.4. The number of hydrogen-bond donors (Lipinski definition) is 3. The van der Waals surface area contributed by atoms with E-state index in [-0.39, 0.29) is 11.9 Å². The fourth-order valence-corrected chi connectivity index (χ4v) is 5.89. The Kier molecular flexibility index (Phi) is 6.65. The van der Waals surface area contributed by atoms with Crippen molar-refractivity contribution in [2.45, 2.75) is 38.3 Å². The van der Waals surface area contributed by atoms with Crippen LogP contribution in [0.25, 0.3) is 20.7 Å². The number of aromatic nitrogens is 2. The van der Waals surface area contributed by atoms with E-state index in [0.29, 0.717) is 31.7 Å². The molecule has 1 unspecified atom stereocenters. The largest absolute Gasteiger partial charge is 0.492 e. The second kappa shape index (κ2) is 9.71. The predicted molar refractivity (Wildman–Crippen MR) is 140 cm³/mol. The third-order valence-corrected chi connectivity index (χ3v) is 8.10. The van der Waals surface area contributed by atoms with Crippen LogP contribution in [0.2, 0.25) is 0 Å². The molecule has 184 valence electrons. The number of thiophene rings is 1. The lowest BCUT2D eigenvalue weighted by Crippen LogP contribution is -2.46. The molecule has 4 heterocycles. The molecule has 11 heteroatoms. The van der Waals surface area contributed by atoms with Crippen molar-refractivity contribution in [3.8, 4) is 16.3 Å². The fraction of sp³-hybridized carbons (Fsp3) is 0.417. The summed E-state index contributed by atoms with van der Waals surface area (Å²) in [5, 5.41) is 10.1. The number of rotatable bonds is 8. The number of urea groups is 1. The molecule has 2 aliphatic heterocycles. The summed E-state index contributed by atoms with van der Waals surface area (Å²) in [5.74, 6) is 1.03. The molecule has 0 spiro atoms. The Labute approximate surface area is 215 Å². The molecule has 35 heavy (non-hydrogen) atoms. The number of nitrogens with one attached hydrogen (secondary N) is 3. The van der Waals surface area contributed by atoms with E-state index in [4.69, 9.17) is 9.72 Å². The first kappa shape index (κ1) is 24.0. The summed E-state index contributed by atoms with van der Waals surface area (Å²) in [6.07, 6.45) is 4.08. The zero-order valence-electron chi connectivity index (χ0n) is 19.6. The van der Waals surface area contributed by atoms with Crippen molar-refractivity contribution in [1.82, 2.24) is 25.5 Å². The van der Waals surface area contributed by atoms with Crippen molar-refractivity contribution < 1.29 is 14.3 Å². The molecule has 3 amide bonds. The van der Waals surface area contributed by atoms with Crippen molar-refractivity contribution in [2.75, 3.05) is 31.6 Å². The third-order valence-electron chi connectivity index (χ3n) is 6.39. The van der Waals surface area contributed by atoms with Gasteiger partial charge in [0.2, 0.25) is 5.95 Å². The highest BCUT2D eigenvalue weighted by molar-refractivity contribution is 9.10. The van der Waals surface area contributed by atoms with Crippen molar-refractivity contribution >= 4 is 55.2 Å². The summed E-state index contributed by atoms with van der Waals surface area (Å²) < 4.78 is 7.96. The van der Waals surface area contributed by atoms with E-state index in [9.17, 15) is 9.59 Å². The smallest absolute Gasteiger partial charge is 0.325 e. The van der Waals surface area contributed by atoms with E-state index in [2.05, 4.69) is 55.1 Å². The molecule has 0 aliphatic carbocycles. The quantitative estimate of drug-likeness (QED) is 0.358. The number of hydrogen-bond acceptors (Lipinski definition) is 8. The topological polar surface area (TPSA) is 108 Å². The number of benzene rings is 1. The van der Waals surface area contributed by atoms with Gasteiger partial charge in [-0.2, -0.15) is 0 Å². The van der Waals surface area contributed by atoms with Gasteiger partial charge in [-0.25, -0.2) is 14.8 Å². The maximum atomic E-state index is 12.1. The maximum Gasteiger partial charge on any atom is 0.325 e. The van der Waals surface area contributed by atoms with Crippen LogP contribution in [0, 0.1) is 0 Å². The van der Waals surface area contributed by atoms with Crippen LogP contribution in [-0.2, 0) is 4.79 Å². The van der Waals surface area contributed by atoms with E-state index < -0.39 is 5.54 Å². The number of fused-ring (bicyclic) bond motifs is 1. The first-order chi connectivity index (χ1) is 16.8. The summed E-state index contributed by atoms with van der Waals surface area (Å²) in [6.45, 7) is 5.96. The van der Waals surface area contributed by atoms with E-state index in [1.807, 2.05) is 6.07 Å². The minimum atomic E-state index is -0.877. The summed E-state index contributed by atoms with van der Waals surface area (Å²) in [4.78, 5) is 35.6. The van der Waals surface area contributed by atoms with E-state index in [1.165, 1.54) is 11.3 Å². The number of ether oxygens (including phenoxy) is 1. The van der Waals surface area contributed by atoms with Gasteiger partial charge in [0.1, 0.15) is 23.6 Å². The molecule has 2 fully saturated rings. The molecule has 2 saturated heterocycles. The lowest BCUT2D eigenvalue weighted by atomic mass is 10.0. The second-order valence-electron chi connectivity index (χ2n) is 9.20. The molecule has 2 aromatic heterocycles. The van der Waals surface area contributed by atoms with Crippen LogP contribution in [0.15, 0.2) is 34.9 Å². The Morgan fingerprint density at radius 1 is 1.31 bits per heavy atom. The molecule has 0 saturated carbocycles. The summed E-state index contributed by atoms with van der Waals surface area (Å²) in [6, 6.07) is 8.33. The highest BCUT2D eigenvalue weighted by Crippen LogP contribution is 2.37. The third kappa shape index (κ3) is 4.98. The average molecular weight is 559 g/mol. The van der Waals surface area contributed by atoms with Crippen LogP contribution in [0.1, 0.15) is 26.7 Å². The van der Waals surface area contributed by atoms with Gasteiger partial charge in [0, 0.05) is 30.0 Å². The minimum Gasteiger partial charge on any atom is -0.492 e. The molecule has 1 atom stereocenters. The minimum absolute atomic E-state index is 0.293. The summed E-state index contributed by atoms with van der Waals surface area (Å²) in [5.41, 5.74) is -0.0895. The molecule has 3 aromatic rings. The molecule has 0 bridgehead atoms. The van der Waals surface area contributed by atoms with Gasteiger partial charge in [0.25, 0.3) is 5.91 Å². The molecule has 2 aliphatic rings. The Morgan fingerprint density at radius 2 is 2.17 bits per heavy atom. The lowest BCUT2D eigenvalue weighted by Gasteiger charge is -2.27. The fourth-order valence-electron chi connectivity index (χ4n) is 4.30. The molecule has 0 radical (unpaired) electrons. The number of nitrogens with zero attached hydrogens (tertiary/aromatic N) is 3. The van der Waals surface area contributed by atoms with Crippen LogP contribution >= 0.6 is 27.3 Å². The average Bonchev–Trinajstić information content (AvgIpc) is 3.54. The zero-order valence-corrected chi connectivity index (χ0v) is 22.0. The van der Waals surface area contributed by atoms with Gasteiger partial charge in [-0.15, -0.1) is 11.3 Å². The Balaban J connectivity index is 1.27. The Morgan fingerprint density at radius 3 is 2.91 bits per heavy atom. The molecular formula is C24H27BrN6O3S. The second-order valence-corrected chi connectivity index (χ2v) is 11.1. The van der Waals surface area contributed by atoms with Gasteiger partial charge in [0.15, 0.2) is 0 Å². The standard InChI is InChI=1S/C24H27BrN6O3S/c1-24(2)21(32)30-23(33)31(24)9-8-27-22-28-12-17(25)20(29-22)19-11-14-10-16(5-6-18(14)35-19)34-13-15-4-3-7-26-15/h5-6,10-12,15,26H,3-4,7-9,13H2,1-2H3,(H,27,28,29)(H,30,32,33). The number of halogens is 1. The molecular weight excluding hydrogens is 532 g/mol. The Bertz CT molecular complexity index is 1270. The maximum absolute atomic E-state index is 12.1. The SMILES string of the molecule is CC1(C)C(=O)NC(=O)N1CCNc1ncc(Br)c(-c2cc3cc(OCC4CCCN4)ccc3s2)n1. The first-order valence-electron chi connectivity index (χ1n) is 11.6.